The van der Waals surface area contributed by atoms with Crippen LogP contribution in [0.5, 0.6) is 5.75 Å². The molecule has 4 rings (SSSR count). The number of halogens is 1. The number of likely N-dealkylation sites (tertiary alicyclic amines) is 1. The van der Waals surface area contributed by atoms with Crippen molar-refractivity contribution in [1.82, 2.24) is 9.88 Å². The number of nitrogens with one attached hydrogen (secondary N) is 2. The van der Waals surface area contributed by atoms with Gasteiger partial charge >= 0.3 is 0 Å². The standard InChI is InChI=1S/C27H27ClN4O3/c1-35-24-7-5-6-21(27(34)31-25-13-12-20(28)17-30-25)22(24)16-23(33)18-8-10-19(11-9-18)26(29)32-14-3-2-4-15-32/h5-13,17,29H,2-4,14-16H2,1H3,(H,30,31,34). The molecule has 180 valence electrons. The molecule has 1 fully saturated rings. The third-order valence-corrected chi connectivity index (χ3v) is 6.28. The molecular weight excluding hydrogens is 464 g/mol. The molecule has 0 aliphatic carbocycles. The lowest BCUT2D eigenvalue weighted by Crippen LogP contribution is -2.35. The average Bonchev–Trinajstić information content (AvgIpc) is 2.90. The summed E-state index contributed by atoms with van der Waals surface area (Å²) in [4.78, 5) is 32.3. The van der Waals surface area contributed by atoms with Gasteiger partial charge in [0, 0.05) is 48.0 Å². The molecule has 35 heavy (non-hydrogen) atoms. The maximum Gasteiger partial charge on any atom is 0.257 e. The minimum Gasteiger partial charge on any atom is -0.496 e. The van der Waals surface area contributed by atoms with E-state index in [9.17, 15) is 9.59 Å². The maximum atomic E-state index is 13.2. The van der Waals surface area contributed by atoms with Crippen molar-refractivity contribution in [3.63, 3.8) is 0 Å². The van der Waals surface area contributed by atoms with E-state index in [4.69, 9.17) is 21.7 Å². The van der Waals surface area contributed by atoms with Gasteiger partial charge in [-0.2, -0.15) is 0 Å². The number of aromatic nitrogens is 1. The number of Topliss-reactive ketones (excluding diaryl/α,β-unsaturated/α-hetero) is 1. The number of carbonyl (C=O) groups excluding carboxylic acids is 2. The third kappa shape index (κ3) is 5.87. The highest BCUT2D eigenvalue weighted by molar-refractivity contribution is 6.30. The third-order valence-electron chi connectivity index (χ3n) is 6.06. The second-order valence-corrected chi connectivity index (χ2v) is 8.81. The van der Waals surface area contributed by atoms with Crippen molar-refractivity contribution < 1.29 is 14.3 Å². The fraction of sp³-hybridized carbons (Fsp3) is 0.259. The number of nitrogens with zero attached hydrogens (tertiary/aromatic N) is 2. The lowest BCUT2D eigenvalue weighted by molar-refractivity contribution is 0.0991. The Kier molecular flexibility index (Phi) is 7.77. The van der Waals surface area contributed by atoms with E-state index in [2.05, 4.69) is 15.2 Å². The minimum absolute atomic E-state index is 0.0102. The first-order valence-corrected chi connectivity index (χ1v) is 11.9. The summed E-state index contributed by atoms with van der Waals surface area (Å²) in [6.45, 7) is 1.79. The summed E-state index contributed by atoms with van der Waals surface area (Å²) in [5.74, 6) is 0.754. The van der Waals surface area contributed by atoms with Crippen LogP contribution in [0.4, 0.5) is 5.82 Å². The summed E-state index contributed by atoms with van der Waals surface area (Å²) in [7, 11) is 1.51. The maximum absolute atomic E-state index is 13.2. The van der Waals surface area contributed by atoms with Gasteiger partial charge in [0.05, 0.1) is 12.1 Å². The lowest BCUT2D eigenvalue weighted by Gasteiger charge is -2.29. The fourth-order valence-electron chi connectivity index (χ4n) is 4.16. The van der Waals surface area contributed by atoms with Gasteiger partial charge in [-0.15, -0.1) is 0 Å². The van der Waals surface area contributed by atoms with Crippen LogP contribution in [0.2, 0.25) is 5.02 Å². The van der Waals surface area contributed by atoms with Crippen molar-refractivity contribution in [3.8, 4) is 5.75 Å². The Morgan fingerprint density at radius 3 is 2.40 bits per heavy atom. The highest BCUT2D eigenvalue weighted by Crippen LogP contribution is 2.25. The van der Waals surface area contributed by atoms with Crippen LogP contribution in [0.15, 0.2) is 60.8 Å². The summed E-state index contributed by atoms with van der Waals surface area (Å²) < 4.78 is 5.46. The van der Waals surface area contributed by atoms with Crippen molar-refractivity contribution in [1.29, 1.82) is 5.41 Å². The zero-order valence-corrected chi connectivity index (χ0v) is 20.3. The molecule has 1 aliphatic rings. The number of ketones is 1. The number of hydrogen-bond donors (Lipinski definition) is 2. The Hall–Kier alpha value is -3.71. The average molecular weight is 491 g/mol. The Morgan fingerprint density at radius 1 is 1.03 bits per heavy atom. The minimum atomic E-state index is -0.396. The zero-order chi connectivity index (χ0) is 24.8. The Morgan fingerprint density at radius 2 is 1.74 bits per heavy atom. The number of methoxy groups -OCH3 is 1. The predicted molar refractivity (Wildman–Crippen MR) is 137 cm³/mol. The zero-order valence-electron chi connectivity index (χ0n) is 19.5. The van der Waals surface area contributed by atoms with Gasteiger partial charge in [0.1, 0.15) is 17.4 Å². The molecule has 0 bridgehead atoms. The number of rotatable bonds is 7. The van der Waals surface area contributed by atoms with Crippen molar-refractivity contribution >= 4 is 34.9 Å². The second kappa shape index (κ2) is 11.1. The largest absolute Gasteiger partial charge is 0.496 e. The quantitative estimate of drug-likeness (QED) is 0.268. The summed E-state index contributed by atoms with van der Waals surface area (Å²) >= 11 is 5.87. The molecule has 7 nitrogen and oxygen atoms in total. The highest BCUT2D eigenvalue weighted by atomic mass is 35.5. The second-order valence-electron chi connectivity index (χ2n) is 8.38. The summed E-state index contributed by atoms with van der Waals surface area (Å²) in [5.41, 5.74) is 2.13. The van der Waals surface area contributed by atoms with E-state index in [-0.39, 0.29) is 12.2 Å². The summed E-state index contributed by atoms with van der Waals surface area (Å²) in [6, 6.07) is 15.4. The molecule has 1 aliphatic heterocycles. The van der Waals surface area contributed by atoms with Crippen molar-refractivity contribution in [2.24, 2.45) is 0 Å². The molecule has 3 aromatic rings. The van der Waals surface area contributed by atoms with Crippen LogP contribution in [0.3, 0.4) is 0 Å². The van der Waals surface area contributed by atoms with E-state index < -0.39 is 5.91 Å². The number of pyridine rings is 1. The molecule has 2 heterocycles. The lowest BCUT2D eigenvalue weighted by atomic mass is 9.96. The van der Waals surface area contributed by atoms with E-state index >= 15 is 0 Å². The number of piperidine rings is 1. The Balaban J connectivity index is 1.51. The van der Waals surface area contributed by atoms with Gasteiger partial charge in [0.25, 0.3) is 5.91 Å². The molecule has 8 heteroatoms. The van der Waals surface area contributed by atoms with Crippen LogP contribution < -0.4 is 10.1 Å². The van der Waals surface area contributed by atoms with Gasteiger partial charge < -0.3 is 15.0 Å². The van der Waals surface area contributed by atoms with E-state index in [0.717, 1.165) is 31.5 Å². The molecule has 2 N–H and O–H groups in total. The molecule has 1 aromatic heterocycles. The number of amidine groups is 1. The van der Waals surface area contributed by atoms with E-state index in [1.165, 1.54) is 19.7 Å². The van der Waals surface area contributed by atoms with Gasteiger partial charge in [-0.1, -0.05) is 41.9 Å². The van der Waals surface area contributed by atoms with Crippen LogP contribution in [0, 0.1) is 5.41 Å². The molecule has 0 unspecified atom stereocenters. The van der Waals surface area contributed by atoms with Gasteiger partial charge in [-0.25, -0.2) is 4.98 Å². The van der Waals surface area contributed by atoms with E-state index in [1.54, 1.807) is 42.5 Å². The normalized spacial score (nSPS) is 13.3. The smallest absolute Gasteiger partial charge is 0.257 e. The Labute approximate surface area is 209 Å². The predicted octanol–water partition coefficient (Wildman–Crippen LogP) is 5.23. The van der Waals surface area contributed by atoms with Crippen LogP contribution in [-0.4, -0.2) is 47.6 Å². The number of hydrogen-bond acceptors (Lipinski definition) is 5. The molecule has 0 atom stereocenters. The first-order valence-electron chi connectivity index (χ1n) is 11.5. The molecule has 0 spiro atoms. The first-order chi connectivity index (χ1) is 17.0. The fourth-order valence-corrected chi connectivity index (χ4v) is 4.27. The molecule has 2 aromatic carbocycles. The first kappa shape index (κ1) is 24.4. The molecule has 1 amide bonds. The van der Waals surface area contributed by atoms with Gasteiger partial charge in [0.2, 0.25) is 0 Å². The van der Waals surface area contributed by atoms with Crippen molar-refractivity contribution in [3.05, 3.63) is 88.1 Å². The Bertz CT molecular complexity index is 1220. The number of benzene rings is 2. The number of ether oxygens (including phenoxy) is 1. The van der Waals surface area contributed by atoms with Gasteiger partial charge in [-0.3, -0.25) is 15.0 Å². The highest BCUT2D eigenvalue weighted by Gasteiger charge is 2.20. The molecule has 0 saturated carbocycles. The molecular formula is C27H27ClN4O3. The van der Waals surface area contributed by atoms with Crippen LogP contribution in [-0.2, 0) is 6.42 Å². The van der Waals surface area contributed by atoms with Crippen molar-refractivity contribution in [2.45, 2.75) is 25.7 Å². The molecule has 0 radical (unpaired) electrons. The van der Waals surface area contributed by atoms with E-state index in [0.29, 0.717) is 39.1 Å². The monoisotopic (exact) mass is 490 g/mol. The van der Waals surface area contributed by atoms with Gasteiger partial charge in [0.15, 0.2) is 5.78 Å². The van der Waals surface area contributed by atoms with Gasteiger partial charge in [-0.05, 0) is 43.5 Å². The van der Waals surface area contributed by atoms with E-state index in [1.807, 2.05) is 12.1 Å². The molecule has 1 saturated heterocycles. The number of carbonyl (C=O) groups is 2. The summed E-state index contributed by atoms with van der Waals surface area (Å²) in [6.07, 6.45) is 4.84. The van der Waals surface area contributed by atoms with Crippen LogP contribution in [0.1, 0.15) is 51.1 Å². The van der Waals surface area contributed by atoms with Crippen LogP contribution >= 0.6 is 11.6 Å². The van der Waals surface area contributed by atoms with Crippen molar-refractivity contribution in [2.75, 3.05) is 25.5 Å². The van der Waals surface area contributed by atoms with Crippen LogP contribution in [0.25, 0.3) is 0 Å². The number of amides is 1. The SMILES string of the molecule is COc1cccc(C(=O)Nc2ccc(Cl)cn2)c1CC(=O)c1ccc(C(=N)N2CCCCC2)cc1. The topological polar surface area (TPSA) is 95.4 Å². The summed E-state index contributed by atoms with van der Waals surface area (Å²) in [5, 5.41) is 11.7. The number of anilines is 1.